The standard InChI is InChI=1S/C22H34ClN5O7/c1-10(2)18-21(33)28-11(3)14(29)7-13(28)20(32)26(5)9-16(30)27(6)12(4)22(34)35-15(8-23)17(24)19(31)25-18/h10-13,15,17-18H,7-9,24H2,1-6H3,(H,25,31)/t11-,12-,13-,15+,17-,18+/m0/s1. The van der Waals surface area contributed by atoms with E-state index in [0.29, 0.717) is 0 Å². The van der Waals surface area contributed by atoms with Crippen molar-refractivity contribution in [3.8, 4) is 0 Å². The minimum Gasteiger partial charge on any atom is -0.457 e. The smallest absolute Gasteiger partial charge is 0.328 e. The minimum absolute atomic E-state index is 0.213. The summed E-state index contributed by atoms with van der Waals surface area (Å²) in [6.45, 7) is 5.92. The van der Waals surface area contributed by atoms with Crippen LogP contribution in [0.1, 0.15) is 34.1 Å². The maximum Gasteiger partial charge on any atom is 0.328 e. The number of carbonyl (C=O) groups is 6. The molecule has 2 heterocycles. The van der Waals surface area contributed by atoms with Crippen molar-refractivity contribution in [3.63, 3.8) is 0 Å². The fourth-order valence-electron chi connectivity index (χ4n) is 4.00. The van der Waals surface area contributed by atoms with Crippen LogP contribution in [0, 0.1) is 5.92 Å². The molecule has 196 valence electrons. The summed E-state index contributed by atoms with van der Waals surface area (Å²) < 4.78 is 5.31. The van der Waals surface area contributed by atoms with Crippen LogP contribution in [0.25, 0.3) is 0 Å². The third kappa shape index (κ3) is 5.92. The number of hydrogen-bond acceptors (Lipinski definition) is 8. The van der Waals surface area contributed by atoms with Gasteiger partial charge in [-0.2, -0.15) is 0 Å². The molecule has 2 aliphatic rings. The third-order valence-corrected chi connectivity index (χ3v) is 6.87. The van der Waals surface area contributed by atoms with Crippen LogP contribution in [0.3, 0.4) is 0 Å². The van der Waals surface area contributed by atoms with Crippen LogP contribution in [0.5, 0.6) is 0 Å². The number of Topliss-reactive ketones (excluding diaryl/α,β-unsaturated/α-hetero) is 1. The van der Waals surface area contributed by atoms with Crippen molar-refractivity contribution in [3.05, 3.63) is 0 Å². The van der Waals surface area contributed by atoms with Gasteiger partial charge >= 0.3 is 5.97 Å². The first-order valence-corrected chi connectivity index (χ1v) is 11.9. The summed E-state index contributed by atoms with van der Waals surface area (Å²) in [5.74, 6) is -4.49. The average molecular weight is 516 g/mol. The Hall–Kier alpha value is -2.73. The number of amides is 4. The lowest BCUT2D eigenvalue weighted by Crippen LogP contribution is -2.61. The molecule has 0 bridgehead atoms. The second kappa shape index (κ2) is 11.3. The number of nitrogens with one attached hydrogen (secondary N) is 1. The van der Waals surface area contributed by atoms with Gasteiger partial charge in [0.05, 0.1) is 18.5 Å². The summed E-state index contributed by atoms with van der Waals surface area (Å²) >= 11 is 5.91. The first-order valence-electron chi connectivity index (χ1n) is 11.4. The van der Waals surface area contributed by atoms with Crippen LogP contribution >= 0.6 is 11.6 Å². The van der Waals surface area contributed by atoms with E-state index in [1.54, 1.807) is 13.8 Å². The number of nitrogens with two attached hydrogens (primary N) is 1. The number of alkyl halides is 1. The van der Waals surface area contributed by atoms with Crippen LogP contribution in [0.4, 0.5) is 0 Å². The fourth-order valence-corrected chi connectivity index (χ4v) is 4.25. The maximum absolute atomic E-state index is 13.5. The van der Waals surface area contributed by atoms with E-state index in [0.717, 1.165) is 9.80 Å². The van der Waals surface area contributed by atoms with E-state index in [2.05, 4.69) is 5.32 Å². The Morgan fingerprint density at radius 2 is 1.66 bits per heavy atom. The number of hydrogen-bond donors (Lipinski definition) is 2. The Bertz CT molecular complexity index is 897. The quantitative estimate of drug-likeness (QED) is 0.331. The molecule has 0 saturated carbocycles. The summed E-state index contributed by atoms with van der Waals surface area (Å²) in [6, 6.07) is -5.62. The number of likely N-dealkylation sites (N-methyl/N-ethyl adjacent to an activating group) is 2. The van der Waals surface area contributed by atoms with Gasteiger partial charge in [0.15, 0.2) is 5.78 Å². The van der Waals surface area contributed by atoms with Crippen LogP contribution in [0.15, 0.2) is 0 Å². The lowest BCUT2D eigenvalue weighted by atomic mass is 10.0. The molecule has 35 heavy (non-hydrogen) atoms. The van der Waals surface area contributed by atoms with Gasteiger partial charge in [-0.3, -0.25) is 24.0 Å². The summed E-state index contributed by atoms with van der Waals surface area (Å²) in [5.41, 5.74) is 6.02. The number of esters is 1. The molecule has 0 aromatic carbocycles. The fraction of sp³-hybridized carbons (Fsp3) is 0.727. The molecule has 2 rings (SSSR count). The highest BCUT2D eigenvalue weighted by Crippen LogP contribution is 2.25. The van der Waals surface area contributed by atoms with Crippen molar-refractivity contribution in [1.82, 2.24) is 20.0 Å². The monoisotopic (exact) mass is 515 g/mol. The molecule has 13 heteroatoms. The number of cyclic esters (lactones) is 1. The summed E-state index contributed by atoms with van der Waals surface area (Å²) in [6.07, 6.45) is -1.44. The molecular weight excluding hydrogens is 482 g/mol. The number of ketones is 1. The molecular formula is C22H34ClN5O7. The predicted octanol–water partition coefficient (Wildman–Crippen LogP) is -1.52. The normalized spacial score (nSPS) is 32.2. The van der Waals surface area contributed by atoms with E-state index < -0.39 is 78.4 Å². The van der Waals surface area contributed by atoms with E-state index in [-0.39, 0.29) is 18.1 Å². The molecule has 0 aliphatic carbocycles. The number of halogens is 1. The highest BCUT2D eigenvalue weighted by Gasteiger charge is 2.48. The van der Waals surface area contributed by atoms with Crippen molar-refractivity contribution in [1.29, 1.82) is 0 Å². The van der Waals surface area contributed by atoms with E-state index in [4.69, 9.17) is 22.1 Å². The second-order valence-corrected chi connectivity index (χ2v) is 9.68. The Morgan fingerprint density at radius 1 is 1.06 bits per heavy atom. The van der Waals surface area contributed by atoms with Gasteiger partial charge < -0.3 is 30.5 Å². The molecule has 6 atom stereocenters. The largest absolute Gasteiger partial charge is 0.457 e. The van der Waals surface area contributed by atoms with Gasteiger partial charge in [-0.05, 0) is 19.8 Å². The first kappa shape index (κ1) is 28.5. The zero-order valence-corrected chi connectivity index (χ0v) is 21.6. The highest BCUT2D eigenvalue weighted by molar-refractivity contribution is 6.18. The van der Waals surface area contributed by atoms with Crippen LogP contribution in [-0.2, 0) is 33.5 Å². The van der Waals surface area contributed by atoms with Crippen molar-refractivity contribution < 1.29 is 33.5 Å². The predicted molar refractivity (Wildman–Crippen MR) is 125 cm³/mol. The van der Waals surface area contributed by atoms with E-state index in [9.17, 15) is 28.8 Å². The summed E-state index contributed by atoms with van der Waals surface area (Å²) in [7, 11) is 2.74. The van der Waals surface area contributed by atoms with Crippen molar-refractivity contribution >= 4 is 47.0 Å². The van der Waals surface area contributed by atoms with Gasteiger partial charge in [-0.15, -0.1) is 11.6 Å². The molecule has 0 spiro atoms. The Kier molecular flexibility index (Phi) is 9.23. The highest BCUT2D eigenvalue weighted by atomic mass is 35.5. The van der Waals surface area contributed by atoms with E-state index in [1.165, 1.54) is 32.8 Å². The number of carbonyl (C=O) groups excluding carboxylic acids is 6. The lowest BCUT2D eigenvalue weighted by molar-refractivity contribution is -0.160. The SMILES string of the molecule is CC(C)[C@H]1NC(=O)[C@@H](N)[C@@H](CCl)OC(=O)[C@H](C)N(C)C(=O)CN(C)C(=O)[C@@H]2CC(=O)[C@H](C)N2C1=O. The molecule has 0 radical (unpaired) electrons. The average Bonchev–Trinajstić information content (AvgIpc) is 3.11. The number of nitrogens with zero attached hydrogens (tertiary/aromatic N) is 3. The molecule has 2 saturated heterocycles. The van der Waals surface area contributed by atoms with Crippen LogP contribution < -0.4 is 11.1 Å². The van der Waals surface area contributed by atoms with Crippen molar-refractivity contribution in [2.45, 2.75) is 70.4 Å². The van der Waals surface area contributed by atoms with Crippen LogP contribution in [-0.4, -0.2) is 113 Å². The van der Waals surface area contributed by atoms with Crippen molar-refractivity contribution in [2.24, 2.45) is 11.7 Å². The molecule has 2 fully saturated rings. The second-order valence-electron chi connectivity index (χ2n) is 9.37. The Labute approximate surface area is 209 Å². The maximum atomic E-state index is 13.5. The molecule has 2 aliphatic heterocycles. The van der Waals surface area contributed by atoms with Crippen molar-refractivity contribution in [2.75, 3.05) is 26.5 Å². The van der Waals surface area contributed by atoms with Gasteiger partial charge in [0.1, 0.15) is 30.3 Å². The Morgan fingerprint density at radius 3 is 2.20 bits per heavy atom. The molecule has 0 aromatic rings. The molecule has 0 unspecified atom stereocenters. The third-order valence-electron chi connectivity index (χ3n) is 6.57. The summed E-state index contributed by atoms with van der Waals surface area (Å²) in [4.78, 5) is 81.0. The van der Waals surface area contributed by atoms with Gasteiger partial charge in [0.25, 0.3) is 0 Å². The molecule has 4 amide bonds. The number of ether oxygens (including phenoxy) is 1. The lowest BCUT2D eigenvalue weighted by Gasteiger charge is -2.35. The van der Waals surface area contributed by atoms with Gasteiger partial charge in [0, 0.05) is 20.5 Å². The first-order chi connectivity index (χ1) is 16.2. The van der Waals surface area contributed by atoms with Gasteiger partial charge in [-0.25, -0.2) is 4.79 Å². The molecule has 3 N–H and O–H groups in total. The Balaban J connectivity index is 2.53. The molecule has 12 nitrogen and oxygen atoms in total. The minimum atomic E-state index is -1.41. The van der Waals surface area contributed by atoms with Gasteiger partial charge in [-0.1, -0.05) is 13.8 Å². The topological polar surface area (TPSA) is 159 Å². The zero-order chi connectivity index (χ0) is 26.8. The number of fused-ring (bicyclic) bond motifs is 1. The van der Waals surface area contributed by atoms with Crippen LogP contribution in [0.2, 0.25) is 0 Å². The van der Waals surface area contributed by atoms with Gasteiger partial charge in [0.2, 0.25) is 23.6 Å². The van der Waals surface area contributed by atoms with E-state index >= 15 is 0 Å². The van der Waals surface area contributed by atoms with E-state index in [1.807, 2.05) is 0 Å². The summed E-state index contributed by atoms with van der Waals surface area (Å²) in [5, 5.41) is 2.57. The zero-order valence-electron chi connectivity index (χ0n) is 20.8. The number of rotatable bonds is 2. The molecule has 0 aromatic heterocycles.